The van der Waals surface area contributed by atoms with Gasteiger partial charge in [0.05, 0.1) is 0 Å². The van der Waals surface area contributed by atoms with Crippen LogP contribution in [0.2, 0.25) is 0 Å². The summed E-state index contributed by atoms with van der Waals surface area (Å²) in [4.78, 5) is 2.47. The van der Waals surface area contributed by atoms with E-state index in [-0.39, 0.29) is 6.85 Å². The van der Waals surface area contributed by atoms with Gasteiger partial charge in [0.15, 0.2) is 0 Å². The van der Waals surface area contributed by atoms with Crippen molar-refractivity contribution in [1.29, 1.82) is 0 Å². The lowest BCUT2D eigenvalue weighted by atomic mass is 9.45. The summed E-state index contributed by atoms with van der Waals surface area (Å²) in [7, 11) is 0. The molecule has 3 heteroatoms. The molecule has 0 N–H and O–H groups in total. The number of anilines is 3. The van der Waals surface area contributed by atoms with Crippen molar-refractivity contribution in [1.82, 2.24) is 4.48 Å². The van der Waals surface area contributed by atoms with Gasteiger partial charge in [-0.15, -0.1) is 0 Å². The first-order valence-electron chi connectivity index (χ1n) is 13.6. The molecule has 6 aromatic carbocycles. The first-order valence-corrected chi connectivity index (χ1v) is 13.6. The molecule has 0 fully saturated rings. The van der Waals surface area contributed by atoms with Crippen LogP contribution in [-0.2, 0) is 0 Å². The summed E-state index contributed by atoms with van der Waals surface area (Å²) in [6, 6.07) is 51.1. The van der Waals surface area contributed by atoms with E-state index in [1.54, 1.807) is 0 Å². The predicted molar refractivity (Wildman–Crippen MR) is 165 cm³/mol. The Hall–Kier alpha value is -5.02. The Morgan fingerprint density at radius 1 is 0.487 bits per heavy atom. The fourth-order valence-electron chi connectivity index (χ4n) is 7.00. The zero-order valence-electron chi connectivity index (χ0n) is 21.3. The second kappa shape index (κ2) is 7.75. The van der Waals surface area contributed by atoms with E-state index in [1.165, 1.54) is 72.0 Å². The predicted octanol–water partition coefficient (Wildman–Crippen LogP) is 7.88. The average molecular weight is 494 g/mol. The van der Waals surface area contributed by atoms with Crippen LogP contribution in [0, 0.1) is 0 Å². The third kappa shape index (κ3) is 2.77. The zero-order chi connectivity index (χ0) is 25.5. The zero-order valence-corrected chi connectivity index (χ0v) is 21.3. The van der Waals surface area contributed by atoms with Gasteiger partial charge in [0.25, 0.3) is 0 Å². The number of aromatic nitrogens is 1. The van der Waals surface area contributed by atoms with Crippen molar-refractivity contribution in [3.63, 3.8) is 0 Å². The second-order valence-corrected chi connectivity index (χ2v) is 10.5. The molecule has 2 nitrogen and oxygen atoms in total. The minimum Gasteiger partial charge on any atom is -0.375 e. The molecule has 0 unspecified atom stereocenters. The van der Waals surface area contributed by atoms with Gasteiger partial charge in [0.1, 0.15) is 0 Å². The molecule has 0 atom stereocenters. The molecule has 0 bridgehead atoms. The number of hydrogen-bond acceptors (Lipinski definition) is 1. The van der Waals surface area contributed by atoms with E-state index in [0.29, 0.717) is 0 Å². The van der Waals surface area contributed by atoms with E-state index in [0.717, 1.165) is 0 Å². The highest BCUT2D eigenvalue weighted by Crippen LogP contribution is 2.45. The van der Waals surface area contributed by atoms with Crippen molar-refractivity contribution in [2.24, 2.45) is 0 Å². The first kappa shape index (κ1) is 21.0. The third-order valence-electron chi connectivity index (χ3n) is 8.56. The van der Waals surface area contributed by atoms with Crippen LogP contribution in [0.5, 0.6) is 0 Å². The van der Waals surface area contributed by atoms with Gasteiger partial charge in [-0.25, -0.2) is 0 Å². The number of para-hydroxylation sites is 3. The van der Waals surface area contributed by atoms with Crippen molar-refractivity contribution in [3.8, 4) is 22.3 Å². The molecular weight excluding hydrogens is 471 g/mol. The van der Waals surface area contributed by atoms with Crippen molar-refractivity contribution in [2.75, 3.05) is 4.90 Å². The Kier molecular flexibility index (Phi) is 4.17. The van der Waals surface area contributed by atoms with Crippen molar-refractivity contribution in [3.05, 3.63) is 140 Å². The standard InChI is InChI=1S/C36H23BN2/c1-3-11-24(12-4-1)25-21-22-31-34(23-25)38(26-13-5-2-6-14-26)33-20-10-16-28-30-18-9-17-29-27-15-7-8-19-32(27)39(36(29)30)37(31)35(28)33/h1-23H. The minimum atomic E-state index is 0.0910. The maximum Gasteiger partial charge on any atom is 0.333 e. The molecule has 0 spiro atoms. The fraction of sp³-hybridized carbons (Fsp3) is 0. The highest BCUT2D eigenvalue weighted by Gasteiger charge is 2.42. The summed E-state index contributed by atoms with van der Waals surface area (Å²) in [6.07, 6.45) is 0. The first-order chi connectivity index (χ1) is 19.4. The summed E-state index contributed by atoms with van der Waals surface area (Å²) in [5, 5.41) is 2.64. The number of rotatable bonds is 2. The number of fused-ring (bicyclic) bond motifs is 7. The summed E-state index contributed by atoms with van der Waals surface area (Å²) in [6.45, 7) is 0.0910. The van der Waals surface area contributed by atoms with Crippen LogP contribution in [0.3, 0.4) is 0 Å². The van der Waals surface area contributed by atoms with Gasteiger partial charge in [0, 0.05) is 44.4 Å². The lowest BCUT2D eigenvalue weighted by Gasteiger charge is -2.40. The Morgan fingerprint density at radius 3 is 2.08 bits per heavy atom. The van der Waals surface area contributed by atoms with E-state index in [1.807, 2.05) is 0 Å². The molecular formula is C36H23BN2. The molecule has 2 aliphatic heterocycles. The fourth-order valence-corrected chi connectivity index (χ4v) is 7.00. The van der Waals surface area contributed by atoms with Crippen LogP contribution in [0.15, 0.2) is 140 Å². The molecule has 0 saturated heterocycles. The molecule has 0 aliphatic carbocycles. The van der Waals surface area contributed by atoms with E-state index in [4.69, 9.17) is 0 Å². The molecule has 0 radical (unpaired) electrons. The highest BCUT2D eigenvalue weighted by atomic mass is 15.2. The molecule has 2 aliphatic rings. The SMILES string of the molecule is c1ccc(-c2ccc3c(c2)N(c2ccccc2)c2cccc4c2B3n2c3ccccc3c3cccc-4c32)cc1. The van der Waals surface area contributed by atoms with Crippen LogP contribution >= 0.6 is 0 Å². The van der Waals surface area contributed by atoms with Crippen LogP contribution in [0.25, 0.3) is 44.1 Å². The van der Waals surface area contributed by atoms with Gasteiger partial charge >= 0.3 is 6.85 Å². The molecule has 9 rings (SSSR count). The number of hydrogen-bond donors (Lipinski definition) is 0. The van der Waals surface area contributed by atoms with Gasteiger partial charge < -0.3 is 9.38 Å². The molecule has 1 aromatic heterocycles. The molecule has 3 heterocycles. The van der Waals surface area contributed by atoms with E-state index < -0.39 is 0 Å². The minimum absolute atomic E-state index is 0.0910. The van der Waals surface area contributed by atoms with Crippen LogP contribution in [0.4, 0.5) is 17.1 Å². The van der Waals surface area contributed by atoms with E-state index in [2.05, 4.69) is 149 Å². The summed E-state index contributed by atoms with van der Waals surface area (Å²) >= 11 is 0. The van der Waals surface area contributed by atoms with Crippen molar-refractivity contribution < 1.29 is 0 Å². The quantitative estimate of drug-likeness (QED) is 0.222. The largest absolute Gasteiger partial charge is 0.375 e. The van der Waals surface area contributed by atoms with Gasteiger partial charge in [-0.3, -0.25) is 0 Å². The van der Waals surface area contributed by atoms with Crippen molar-refractivity contribution in [2.45, 2.75) is 0 Å². The number of nitrogens with zero attached hydrogens (tertiary/aromatic N) is 2. The Morgan fingerprint density at radius 2 is 1.21 bits per heavy atom. The Balaban J connectivity index is 1.44. The smallest absolute Gasteiger partial charge is 0.333 e. The maximum atomic E-state index is 2.61. The normalized spacial score (nSPS) is 13.0. The Bertz CT molecular complexity index is 2080. The van der Waals surface area contributed by atoms with Crippen molar-refractivity contribution >= 4 is 56.6 Å². The molecule has 0 amide bonds. The number of benzene rings is 6. The van der Waals surface area contributed by atoms with Gasteiger partial charge in [-0.1, -0.05) is 109 Å². The lowest BCUT2D eigenvalue weighted by molar-refractivity contribution is 1.25. The summed E-state index contributed by atoms with van der Waals surface area (Å²) in [5.74, 6) is 0. The van der Waals surface area contributed by atoms with Crippen LogP contribution in [-0.4, -0.2) is 11.3 Å². The summed E-state index contributed by atoms with van der Waals surface area (Å²) in [5.41, 5.74) is 14.1. The van der Waals surface area contributed by atoms with Gasteiger partial charge in [-0.2, -0.15) is 0 Å². The topological polar surface area (TPSA) is 8.17 Å². The average Bonchev–Trinajstić information content (AvgIpc) is 3.35. The maximum absolute atomic E-state index is 2.61. The third-order valence-corrected chi connectivity index (χ3v) is 8.56. The molecule has 39 heavy (non-hydrogen) atoms. The van der Waals surface area contributed by atoms with Gasteiger partial charge in [-0.05, 0) is 57.9 Å². The van der Waals surface area contributed by atoms with Gasteiger partial charge in [0.2, 0.25) is 0 Å². The Labute approximate surface area is 227 Å². The monoisotopic (exact) mass is 494 g/mol. The van der Waals surface area contributed by atoms with E-state index >= 15 is 0 Å². The highest BCUT2D eigenvalue weighted by molar-refractivity contribution is 6.90. The molecule has 0 saturated carbocycles. The molecule has 180 valence electrons. The van der Waals surface area contributed by atoms with E-state index in [9.17, 15) is 0 Å². The second-order valence-electron chi connectivity index (χ2n) is 10.5. The van der Waals surface area contributed by atoms with Crippen LogP contribution < -0.4 is 15.8 Å². The molecule has 7 aromatic rings. The van der Waals surface area contributed by atoms with Crippen LogP contribution in [0.1, 0.15) is 0 Å². The lowest BCUT2D eigenvalue weighted by Crippen LogP contribution is -2.56. The summed E-state index contributed by atoms with van der Waals surface area (Å²) < 4.78 is 2.61.